The average molecular weight is 417 g/mol. The first-order valence-corrected chi connectivity index (χ1v) is 11.8. The Bertz CT molecular complexity index is 604. The van der Waals surface area contributed by atoms with Crippen LogP contribution in [-0.4, -0.2) is 17.0 Å². The molecule has 168 valence electrons. The fourth-order valence-electron chi connectivity index (χ4n) is 3.37. The topological polar surface area (TPSA) is 63.6 Å². The molecule has 1 aromatic rings. The van der Waals surface area contributed by atoms with Crippen molar-refractivity contribution in [2.45, 2.75) is 103 Å². The quantitative estimate of drug-likeness (QED) is 0.118. The highest BCUT2D eigenvalue weighted by Gasteiger charge is 2.06. The molecule has 1 aromatic carbocycles. The predicted octanol–water partition coefficient (Wildman–Crippen LogP) is 7.26. The second kappa shape index (κ2) is 17.7. The molecule has 0 unspecified atom stereocenters. The fraction of sp³-hybridized carbons (Fsp3) is 0.615. The molecular weight excluding hydrogens is 376 g/mol. The first-order chi connectivity index (χ1) is 14.6. The number of hydrogen-bond donors (Lipinski definition) is 1. The summed E-state index contributed by atoms with van der Waals surface area (Å²) in [6.45, 7) is 2.26. The van der Waals surface area contributed by atoms with Crippen molar-refractivity contribution in [2.24, 2.45) is 0 Å². The van der Waals surface area contributed by atoms with Crippen molar-refractivity contribution in [1.82, 2.24) is 0 Å². The van der Waals surface area contributed by atoms with Crippen molar-refractivity contribution in [2.75, 3.05) is 0 Å². The number of aliphatic carboxylic acids is 1. The molecule has 0 bridgehead atoms. The summed E-state index contributed by atoms with van der Waals surface area (Å²) in [5, 5.41) is 8.76. The number of carboxylic acids is 1. The molecule has 0 radical (unpaired) electrons. The van der Waals surface area contributed by atoms with Crippen LogP contribution in [0.5, 0.6) is 5.75 Å². The molecule has 0 amide bonds. The number of unbranched alkanes of at least 4 members (excludes halogenated alkanes) is 11. The summed E-state index contributed by atoms with van der Waals surface area (Å²) in [4.78, 5) is 22.5. The summed E-state index contributed by atoms with van der Waals surface area (Å²) >= 11 is 0. The Balaban J connectivity index is 1.94. The number of carboxylic acid groups (broad SMARTS) is 1. The van der Waals surface area contributed by atoms with E-state index in [1.807, 2.05) is 0 Å². The molecule has 0 saturated heterocycles. The van der Waals surface area contributed by atoms with Crippen molar-refractivity contribution in [3.05, 3.63) is 42.0 Å². The maximum atomic E-state index is 11.9. The van der Waals surface area contributed by atoms with Gasteiger partial charge in [-0.05, 0) is 49.8 Å². The summed E-state index contributed by atoms with van der Waals surface area (Å²) in [6.07, 6.45) is 21.1. The SMILES string of the molecule is CCCCCCCC/C=C\CCCCCCCC(=O)Oc1ccc(CC(=O)O)cc1. The van der Waals surface area contributed by atoms with E-state index in [9.17, 15) is 9.59 Å². The lowest BCUT2D eigenvalue weighted by molar-refractivity contribution is -0.136. The van der Waals surface area contributed by atoms with Crippen LogP contribution in [0.1, 0.15) is 102 Å². The number of esters is 1. The summed E-state index contributed by atoms with van der Waals surface area (Å²) < 4.78 is 5.30. The smallest absolute Gasteiger partial charge is 0.311 e. The summed E-state index contributed by atoms with van der Waals surface area (Å²) in [6, 6.07) is 6.66. The molecule has 0 spiro atoms. The largest absolute Gasteiger partial charge is 0.481 e. The minimum atomic E-state index is -0.871. The van der Waals surface area contributed by atoms with Gasteiger partial charge in [0, 0.05) is 6.42 Å². The van der Waals surface area contributed by atoms with Gasteiger partial charge in [0.15, 0.2) is 0 Å². The van der Waals surface area contributed by atoms with Crippen molar-refractivity contribution >= 4 is 11.9 Å². The third kappa shape index (κ3) is 14.8. The van der Waals surface area contributed by atoms with Gasteiger partial charge in [-0.1, -0.05) is 82.6 Å². The van der Waals surface area contributed by atoms with Gasteiger partial charge in [-0.15, -0.1) is 0 Å². The normalized spacial score (nSPS) is 11.1. The summed E-state index contributed by atoms with van der Waals surface area (Å²) in [7, 11) is 0. The van der Waals surface area contributed by atoms with Crippen LogP contribution < -0.4 is 4.74 Å². The molecule has 1 rings (SSSR count). The van der Waals surface area contributed by atoms with Crippen LogP contribution in [0.3, 0.4) is 0 Å². The third-order valence-corrected chi connectivity index (χ3v) is 5.15. The Kier molecular flexibility index (Phi) is 15.3. The average Bonchev–Trinajstić information content (AvgIpc) is 2.72. The van der Waals surface area contributed by atoms with Crippen molar-refractivity contribution in [3.8, 4) is 5.75 Å². The molecule has 0 aliphatic carbocycles. The summed E-state index contributed by atoms with van der Waals surface area (Å²) in [5.41, 5.74) is 0.694. The number of carbonyl (C=O) groups excluding carboxylic acids is 1. The van der Waals surface area contributed by atoms with E-state index < -0.39 is 5.97 Å². The van der Waals surface area contributed by atoms with Gasteiger partial charge in [0.1, 0.15) is 5.75 Å². The number of hydrogen-bond acceptors (Lipinski definition) is 3. The predicted molar refractivity (Wildman–Crippen MR) is 123 cm³/mol. The van der Waals surface area contributed by atoms with E-state index in [1.54, 1.807) is 24.3 Å². The van der Waals surface area contributed by atoms with Crippen LogP contribution in [0.25, 0.3) is 0 Å². The molecule has 0 heterocycles. The van der Waals surface area contributed by atoms with Gasteiger partial charge < -0.3 is 9.84 Å². The second-order valence-electron chi connectivity index (χ2n) is 8.02. The van der Waals surface area contributed by atoms with Crippen molar-refractivity contribution in [1.29, 1.82) is 0 Å². The number of benzene rings is 1. The first kappa shape index (κ1) is 25.9. The number of carbonyl (C=O) groups is 2. The molecule has 0 saturated carbocycles. The van der Waals surface area contributed by atoms with Gasteiger partial charge in [-0.3, -0.25) is 9.59 Å². The van der Waals surface area contributed by atoms with Crippen LogP contribution >= 0.6 is 0 Å². The lowest BCUT2D eigenvalue weighted by Crippen LogP contribution is -2.07. The summed E-state index contributed by atoms with van der Waals surface area (Å²) in [5.74, 6) is -0.621. The molecule has 0 fully saturated rings. The Morgan fingerprint density at radius 1 is 0.800 bits per heavy atom. The van der Waals surface area contributed by atoms with Crippen LogP contribution in [0.4, 0.5) is 0 Å². The monoisotopic (exact) mass is 416 g/mol. The second-order valence-corrected chi connectivity index (χ2v) is 8.02. The van der Waals surface area contributed by atoms with Crippen LogP contribution in [0, 0.1) is 0 Å². The first-order valence-electron chi connectivity index (χ1n) is 11.8. The zero-order chi connectivity index (χ0) is 21.9. The van der Waals surface area contributed by atoms with Crippen LogP contribution in [-0.2, 0) is 16.0 Å². The highest BCUT2D eigenvalue weighted by molar-refractivity contribution is 5.72. The third-order valence-electron chi connectivity index (χ3n) is 5.15. The van der Waals surface area contributed by atoms with E-state index in [-0.39, 0.29) is 12.4 Å². The van der Waals surface area contributed by atoms with E-state index in [2.05, 4.69) is 19.1 Å². The fourth-order valence-corrected chi connectivity index (χ4v) is 3.37. The molecule has 4 heteroatoms. The molecule has 1 N–H and O–H groups in total. The Hall–Kier alpha value is -2.10. The lowest BCUT2D eigenvalue weighted by atomic mass is 10.1. The highest BCUT2D eigenvalue weighted by atomic mass is 16.5. The zero-order valence-electron chi connectivity index (χ0n) is 18.7. The van der Waals surface area contributed by atoms with Crippen LogP contribution in [0.2, 0.25) is 0 Å². The lowest BCUT2D eigenvalue weighted by Gasteiger charge is -2.05. The van der Waals surface area contributed by atoms with Crippen molar-refractivity contribution < 1.29 is 19.4 Å². The molecule has 4 nitrogen and oxygen atoms in total. The van der Waals surface area contributed by atoms with E-state index in [0.29, 0.717) is 17.7 Å². The van der Waals surface area contributed by atoms with Gasteiger partial charge in [0.2, 0.25) is 0 Å². The van der Waals surface area contributed by atoms with Gasteiger partial charge >= 0.3 is 11.9 Å². The van der Waals surface area contributed by atoms with Gasteiger partial charge in [0.05, 0.1) is 6.42 Å². The van der Waals surface area contributed by atoms with E-state index in [0.717, 1.165) is 25.7 Å². The van der Waals surface area contributed by atoms with Crippen LogP contribution in [0.15, 0.2) is 36.4 Å². The Morgan fingerprint density at radius 2 is 1.33 bits per heavy atom. The Labute approximate surface area is 182 Å². The van der Waals surface area contributed by atoms with E-state index >= 15 is 0 Å². The molecular formula is C26H40O4. The van der Waals surface area contributed by atoms with Crippen molar-refractivity contribution in [3.63, 3.8) is 0 Å². The Morgan fingerprint density at radius 3 is 1.90 bits per heavy atom. The van der Waals surface area contributed by atoms with Gasteiger partial charge in [-0.2, -0.15) is 0 Å². The molecule has 0 aliphatic heterocycles. The number of rotatable bonds is 18. The zero-order valence-corrected chi connectivity index (χ0v) is 18.7. The highest BCUT2D eigenvalue weighted by Crippen LogP contribution is 2.15. The molecule has 0 atom stereocenters. The van der Waals surface area contributed by atoms with E-state index in [4.69, 9.17) is 9.84 Å². The number of ether oxygens (including phenoxy) is 1. The minimum Gasteiger partial charge on any atom is -0.481 e. The molecule has 0 aliphatic rings. The van der Waals surface area contributed by atoms with Gasteiger partial charge in [0.25, 0.3) is 0 Å². The minimum absolute atomic E-state index is 0.0247. The maximum Gasteiger partial charge on any atom is 0.311 e. The van der Waals surface area contributed by atoms with E-state index in [1.165, 1.54) is 57.8 Å². The standard InChI is InChI=1S/C26H40O4/c1-2-3-4-5-6-7-8-9-10-11-12-13-14-15-16-17-26(29)30-24-20-18-23(19-21-24)22-25(27)28/h9-10,18-21H,2-8,11-17,22H2,1H3,(H,27,28)/b10-9-. The molecule has 30 heavy (non-hydrogen) atoms. The number of allylic oxidation sites excluding steroid dienone is 2. The maximum absolute atomic E-state index is 11.9. The molecule has 0 aromatic heterocycles. The van der Waals surface area contributed by atoms with Gasteiger partial charge in [-0.25, -0.2) is 0 Å².